The van der Waals surface area contributed by atoms with Gasteiger partial charge in [-0.05, 0) is 18.2 Å². The molecule has 6 heteroatoms. The molecule has 20 heavy (non-hydrogen) atoms. The Morgan fingerprint density at radius 1 is 1.35 bits per heavy atom. The third-order valence-corrected chi connectivity index (χ3v) is 4.02. The van der Waals surface area contributed by atoms with Crippen LogP contribution in [-0.4, -0.2) is 29.8 Å². The van der Waals surface area contributed by atoms with Gasteiger partial charge in [0.25, 0.3) is 0 Å². The van der Waals surface area contributed by atoms with Crippen LogP contribution in [0.3, 0.4) is 0 Å². The number of aromatic nitrogens is 2. The molecule has 0 spiro atoms. The molecule has 0 aliphatic heterocycles. The Bertz CT molecular complexity index is 571. The molecule has 1 aromatic carbocycles. The van der Waals surface area contributed by atoms with Gasteiger partial charge in [-0.25, -0.2) is 0 Å². The van der Waals surface area contributed by atoms with Crippen LogP contribution in [0, 0.1) is 0 Å². The molecule has 1 heterocycles. The molecule has 0 bridgehead atoms. The number of methoxy groups -OCH3 is 2. The maximum absolute atomic E-state index is 6.27. The zero-order valence-corrected chi connectivity index (χ0v) is 12.7. The molecular formula is C14H19N3O2S. The van der Waals surface area contributed by atoms with E-state index in [9.17, 15) is 0 Å². The average Bonchev–Trinajstić information content (AvgIpc) is 2.89. The van der Waals surface area contributed by atoms with Crippen molar-refractivity contribution in [2.75, 3.05) is 20.0 Å². The van der Waals surface area contributed by atoms with E-state index < -0.39 is 0 Å². The van der Waals surface area contributed by atoms with Gasteiger partial charge >= 0.3 is 0 Å². The maximum atomic E-state index is 6.27. The van der Waals surface area contributed by atoms with E-state index in [2.05, 4.69) is 5.10 Å². The summed E-state index contributed by atoms with van der Waals surface area (Å²) in [6, 6.07) is 5.53. The standard InChI is InChI=1S/C14H19N3O2S/c1-17-8-11(7-16-17)20-9-13(15)12-6-10(18-2)4-5-14(12)19-3/h4-8,13H,9,15H2,1-3H3. The van der Waals surface area contributed by atoms with Crippen molar-refractivity contribution in [2.45, 2.75) is 10.9 Å². The predicted molar refractivity (Wildman–Crippen MR) is 80.4 cm³/mol. The Morgan fingerprint density at radius 3 is 2.75 bits per heavy atom. The van der Waals surface area contributed by atoms with Crippen molar-refractivity contribution in [1.29, 1.82) is 0 Å². The molecule has 0 saturated heterocycles. The number of hydrogen-bond donors (Lipinski definition) is 1. The van der Waals surface area contributed by atoms with Crippen LogP contribution in [0.1, 0.15) is 11.6 Å². The number of rotatable bonds is 6. The van der Waals surface area contributed by atoms with Gasteiger partial charge in [-0.2, -0.15) is 5.10 Å². The molecule has 0 radical (unpaired) electrons. The molecule has 2 N–H and O–H groups in total. The molecule has 0 fully saturated rings. The number of aryl methyl sites for hydroxylation is 1. The van der Waals surface area contributed by atoms with Crippen LogP contribution in [0.15, 0.2) is 35.5 Å². The van der Waals surface area contributed by atoms with Crippen molar-refractivity contribution in [1.82, 2.24) is 9.78 Å². The van der Waals surface area contributed by atoms with Gasteiger partial charge in [0.15, 0.2) is 0 Å². The molecule has 2 rings (SSSR count). The van der Waals surface area contributed by atoms with Crippen LogP contribution in [0.25, 0.3) is 0 Å². The van der Waals surface area contributed by atoms with Crippen molar-refractivity contribution >= 4 is 11.8 Å². The molecule has 5 nitrogen and oxygen atoms in total. The Balaban J connectivity index is 2.09. The minimum Gasteiger partial charge on any atom is -0.497 e. The van der Waals surface area contributed by atoms with Crippen molar-refractivity contribution in [3.05, 3.63) is 36.2 Å². The summed E-state index contributed by atoms with van der Waals surface area (Å²) < 4.78 is 12.4. The highest BCUT2D eigenvalue weighted by Crippen LogP contribution is 2.31. The summed E-state index contributed by atoms with van der Waals surface area (Å²) >= 11 is 1.67. The van der Waals surface area contributed by atoms with Crippen molar-refractivity contribution in [3.8, 4) is 11.5 Å². The van der Waals surface area contributed by atoms with Gasteiger partial charge in [0.05, 0.1) is 20.4 Å². The number of benzene rings is 1. The van der Waals surface area contributed by atoms with Crippen LogP contribution in [0.5, 0.6) is 11.5 Å². The lowest BCUT2D eigenvalue weighted by Crippen LogP contribution is -2.14. The van der Waals surface area contributed by atoms with Crippen LogP contribution < -0.4 is 15.2 Å². The lowest BCUT2D eigenvalue weighted by molar-refractivity contribution is 0.396. The fourth-order valence-corrected chi connectivity index (χ4v) is 2.78. The van der Waals surface area contributed by atoms with Gasteiger partial charge in [0.2, 0.25) is 0 Å². The average molecular weight is 293 g/mol. The zero-order valence-electron chi connectivity index (χ0n) is 11.9. The molecule has 1 atom stereocenters. The first-order valence-electron chi connectivity index (χ1n) is 6.23. The van der Waals surface area contributed by atoms with Crippen LogP contribution in [-0.2, 0) is 7.05 Å². The SMILES string of the molecule is COc1ccc(OC)c(C(N)CSc2cnn(C)c2)c1. The minimum atomic E-state index is -0.134. The normalized spacial score (nSPS) is 12.2. The van der Waals surface area contributed by atoms with Gasteiger partial charge in [0.1, 0.15) is 11.5 Å². The lowest BCUT2D eigenvalue weighted by atomic mass is 10.1. The molecule has 0 amide bonds. The first kappa shape index (κ1) is 14.7. The largest absolute Gasteiger partial charge is 0.497 e. The maximum Gasteiger partial charge on any atom is 0.123 e. The van der Waals surface area contributed by atoms with Gasteiger partial charge in [-0.15, -0.1) is 11.8 Å². The summed E-state index contributed by atoms with van der Waals surface area (Å²) in [6.07, 6.45) is 3.81. The molecule has 0 saturated carbocycles. The Morgan fingerprint density at radius 2 is 2.15 bits per heavy atom. The highest BCUT2D eigenvalue weighted by molar-refractivity contribution is 7.99. The summed E-state index contributed by atoms with van der Waals surface area (Å²) in [4.78, 5) is 1.10. The third-order valence-electron chi connectivity index (χ3n) is 2.95. The number of nitrogens with zero attached hydrogens (tertiary/aromatic N) is 2. The fourth-order valence-electron chi connectivity index (χ4n) is 1.88. The number of nitrogens with two attached hydrogens (primary N) is 1. The van der Waals surface area contributed by atoms with Crippen LogP contribution >= 0.6 is 11.8 Å². The van der Waals surface area contributed by atoms with Crippen LogP contribution in [0.4, 0.5) is 0 Å². The molecule has 0 aliphatic carbocycles. The second-order valence-electron chi connectivity index (χ2n) is 4.38. The van der Waals surface area contributed by atoms with Crippen molar-refractivity contribution in [2.24, 2.45) is 12.8 Å². The summed E-state index contributed by atoms with van der Waals surface area (Å²) in [5.74, 6) is 2.31. The fraction of sp³-hybridized carbons (Fsp3) is 0.357. The quantitative estimate of drug-likeness (QED) is 0.828. The van der Waals surface area contributed by atoms with Gasteiger partial charge in [-0.3, -0.25) is 4.68 Å². The molecular weight excluding hydrogens is 274 g/mol. The van der Waals surface area contributed by atoms with E-state index in [-0.39, 0.29) is 6.04 Å². The topological polar surface area (TPSA) is 62.3 Å². The number of ether oxygens (including phenoxy) is 2. The van der Waals surface area contributed by atoms with Crippen LogP contribution in [0.2, 0.25) is 0 Å². The number of hydrogen-bond acceptors (Lipinski definition) is 5. The molecule has 108 valence electrons. The smallest absolute Gasteiger partial charge is 0.123 e. The highest BCUT2D eigenvalue weighted by atomic mass is 32.2. The molecule has 0 aliphatic rings. The predicted octanol–water partition coefficient (Wildman–Crippen LogP) is 2.23. The van der Waals surface area contributed by atoms with Gasteiger partial charge < -0.3 is 15.2 Å². The summed E-state index contributed by atoms with van der Waals surface area (Å²) in [6.45, 7) is 0. The lowest BCUT2D eigenvalue weighted by Gasteiger charge is -2.16. The van der Waals surface area contributed by atoms with E-state index in [0.717, 1.165) is 27.7 Å². The second kappa shape index (κ2) is 6.67. The highest BCUT2D eigenvalue weighted by Gasteiger charge is 2.14. The third kappa shape index (κ3) is 3.46. The molecule has 1 aromatic heterocycles. The Hall–Kier alpha value is -1.66. The van der Waals surface area contributed by atoms with Gasteiger partial charge in [0, 0.05) is 35.5 Å². The zero-order chi connectivity index (χ0) is 14.5. The van der Waals surface area contributed by atoms with E-state index >= 15 is 0 Å². The van der Waals surface area contributed by atoms with Crippen molar-refractivity contribution < 1.29 is 9.47 Å². The summed E-state index contributed by atoms with van der Waals surface area (Å²) in [7, 11) is 5.18. The van der Waals surface area contributed by atoms with E-state index in [0.29, 0.717) is 0 Å². The van der Waals surface area contributed by atoms with Crippen molar-refractivity contribution in [3.63, 3.8) is 0 Å². The Kier molecular flexibility index (Phi) is 4.92. The summed E-state index contributed by atoms with van der Waals surface area (Å²) in [5.41, 5.74) is 7.21. The van der Waals surface area contributed by atoms with E-state index in [1.807, 2.05) is 37.6 Å². The molecule has 2 aromatic rings. The minimum absolute atomic E-state index is 0.134. The monoisotopic (exact) mass is 293 g/mol. The summed E-state index contributed by atoms with van der Waals surface area (Å²) in [5, 5.41) is 4.14. The van der Waals surface area contributed by atoms with E-state index in [4.69, 9.17) is 15.2 Å². The second-order valence-corrected chi connectivity index (χ2v) is 5.47. The molecule has 1 unspecified atom stereocenters. The first-order chi connectivity index (χ1) is 9.63. The van der Waals surface area contributed by atoms with E-state index in [1.54, 1.807) is 30.7 Å². The van der Waals surface area contributed by atoms with E-state index in [1.165, 1.54) is 0 Å². The first-order valence-corrected chi connectivity index (χ1v) is 7.21. The Labute approximate surface area is 123 Å². The van der Waals surface area contributed by atoms with Gasteiger partial charge in [-0.1, -0.05) is 0 Å². The number of thioether (sulfide) groups is 1.